The lowest BCUT2D eigenvalue weighted by Crippen LogP contribution is -2.49. The van der Waals surface area contributed by atoms with Gasteiger partial charge in [0.25, 0.3) is 0 Å². The second-order valence-electron chi connectivity index (χ2n) is 6.05. The van der Waals surface area contributed by atoms with Gasteiger partial charge in [-0.05, 0) is 43.7 Å². The SMILES string of the molecule is NC(=O)C1CC(CCCC(=O)O)CCN1Cc1ccccc1. The summed E-state index contributed by atoms with van der Waals surface area (Å²) < 4.78 is 0. The van der Waals surface area contributed by atoms with Crippen LogP contribution in [0.5, 0.6) is 0 Å². The molecule has 0 spiro atoms. The first-order valence-electron chi connectivity index (χ1n) is 7.85. The molecule has 5 heteroatoms. The minimum atomic E-state index is -0.757. The molecule has 1 heterocycles. The minimum absolute atomic E-state index is 0.200. The highest BCUT2D eigenvalue weighted by molar-refractivity contribution is 5.80. The van der Waals surface area contributed by atoms with Crippen LogP contribution in [-0.4, -0.2) is 34.5 Å². The Morgan fingerprint density at radius 1 is 1.27 bits per heavy atom. The molecule has 1 fully saturated rings. The zero-order valence-corrected chi connectivity index (χ0v) is 12.8. The van der Waals surface area contributed by atoms with E-state index in [1.54, 1.807) is 0 Å². The van der Waals surface area contributed by atoms with Gasteiger partial charge in [-0.2, -0.15) is 0 Å². The van der Waals surface area contributed by atoms with Gasteiger partial charge in [0, 0.05) is 13.0 Å². The maximum atomic E-state index is 11.8. The highest BCUT2D eigenvalue weighted by Crippen LogP contribution is 2.28. The van der Waals surface area contributed by atoms with Crippen LogP contribution in [0.25, 0.3) is 0 Å². The van der Waals surface area contributed by atoms with E-state index in [0.717, 1.165) is 32.4 Å². The van der Waals surface area contributed by atoms with E-state index < -0.39 is 5.97 Å². The molecule has 1 aromatic rings. The van der Waals surface area contributed by atoms with Crippen LogP contribution in [0.15, 0.2) is 30.3 Å². The van der Waals surface area contributed by atoms with Crippen LogP contribution >= 0.6 is 0 Å². The van der Waals surface area contributed by atoms with Gasteiger partial charge in [0.1, 0.15) is 0 Å². The molecule has 0 saturated carbocycles. The van der Waals surface area contributed by atoms with Crippen molar-refractivity contribution < 1.29 is 14.7 Å². The molecule has 2 atom stereocenters. The third-order valence-corrected chi connectivity index (χ3v) is 4.38. The number of carbonyl (C=O) groups excluding carboxylic acids is 1. The quantitative estimate of drug-likeness (QED) is 0.807. The average molecular weight is 304 g/mol. The maximum Gasteiger partial charge on any atom is 0.303 e. The van der Waals surface area contributed by atoms with Crippen molar-refractivity contribution in [3.63, 3.8) is 0 Å². The number of aliphatic carboxylic acids is 1. The molecule has 0 aliphatic carbocycles. The van der Waals surface area contributed by atoms with Crippen LogP contribution in [0.4, 0.5) is 0 Å². The molecule has 0 radical (unpaired) electrons. The third kappa shape index (κ3) is 4.84. The molecule has 3 N–H and O–H groups in total. The number of nitrogens with zero attached hydrogens (tertiary/aromatic N) is 1. The highest BCUT2D eigenvalue weighted by atomic mass is 16.4. The predicted molar refractivity (Wildman–Crippen MR) is 84.0 cm³/mol. The van der Waals surface area contributed by atoms with Crippen molar-refractivity contribution in [2.45, 2.75) is 44.7 Å². The number of amides is 1. The standard InChI is InChI=1S/C17H24N2O3/c18-17(22)15-11-13(7-4-8-16(20)21)9-10-19(15)12-14-5-2-1-3-6-14/h1-3,5-6,13,15H,4,7-12H2,(H2,18,22)(H,20,21). The summed E-state index contributed by atoms with van der Waals surface area (Å²) in [6.45, 7) is 1.57. The lowest BCUT2D eigenvalue weighted by atomic mass is 9.86. The summed E-state index contributed by atoms with van der Waals surface area (Å²) in [5, 5.41) is 8.71. The third-order valence-electron chi connectivity index (χ3n) is 4.38. The van der Waals surface area contributed by atoms with Gasteiger partial charge in [0.05, 0.1) is 6.04 Å². The van der Waals surface area contributed by atoms with E-state index >= 15 is 0 Å². The highest BCUT2D eigenvalue weighted by Gasteiger charge is 2.31. The minimum Gasteiger partial charge on any atom is -0.481 e. The number of hydrogen-bond acceptors (Lipinski definition) is 3. The van der Waals surface area contributed by atoms with Gasteiger partial charge in [0.15, 0.2) is 0 Å². The van der Waals surface area contributed by atoms with Gasteiger partial charge in [0.2, 0.25) is 5.91 Å². The Labute approximate surface area is 131 Å². The van der Waals surface area contributed by atoms with Gasteiger partial charge >= 0.3 is 5.97 Å². The van der Waals surface area contributed by atoms with Crippen molar-refractivity contribution in [1.82, 2.24) is 4.90 Å². The summed E-state index contributed by atoms with van der Waals surface area (Å²) in [7, 11) is 0. The molecule has 0 aromatic heterocycles. The fraction of sp³-hybridized carbons (Fsp3) is 0.529. The van der Waals surface area contributed by atoms with E-state index in [-0.39, 0.29) is 18.4 Å². The van der Waals surface area contributed by atoms with E-state index in [9.17, 15) is 9.59 Å². The van der Waals surface area contributed by atoms with Crippen LogP contribution in [0, 0.1) is 5.92 Å². The number of rotatable bonds is 7. The summed E-state index contributed by atoms with van der Waals surface area (Å²) >= 11 is 0. The molecular weight excluding hydrogens is 280 g/mol. The van der Waals surface area contributed by atoms with Crippen LogP contribution in [0.3, 0.4) is 0 Å². The molecule has 2 rings (SSSR count). The summed E-state index contributed by atoms with van der Waals surface area (Å²) in [5.41, 5.74) is 6.75. The smallest absolute Gasteiger partial charge is 0.303 e. The summed E-state index contributed by atoms with van der Waals surface area (Å²) in [5.74, 6) is -0.643. The Morgan fingerprint density at radius 2 is 2.00 bits per heavy atom. The monoisotopic (exact) mass is 304 g/mol. The molecule has 0 bridgehead atoms. The Kier molecular flexibility index (Phi) is 5.95. The number of likely N-dealkylation sites (tertiary alicyclic amines) is 1. The lowest BCUT2D eigenvalue weighted by molar-refractivity contribution is -0.137. The fourth-order valence-corrected chi connectivity index (χ4v) is 3.19. The largest absolute Gasteiger partial charge is 0.481 e. The number of primary amides is 1. The predicted octanol–water partition coefficient (Wildman–Crippen LogP) is 2.01. The number of benzene rings is 1. The van der Waals surface area contributed by atoms with E-state index in [0.29, 0.717) is 12.3 Å². The van der Waals surface area contributed by atoms with Crippen molar-refractivity contribution in [1.29, 1.82) is 0 Å². The molecular formula is C17H24N2O3. The molecule has 1 aliphatic heterocycles. The van der Waals surface area contributed by atoms with Gasteiger partial charge in [-0.25, -0.2) is 0 Å². The molecule has 5 nitrogen and oxygen atoms in total. The summed E-state index contributed by atoms with van der Waals surface area (Å²) in [6, 6.07) is 9.82. The van der Waals surface area contributed by atoms with Crippen LogP contribution < -0.4 is 5.73 Å². The first-order valence-corrected chi connectivity index (χ1v) is 7.85. The van der Waals surface area contributed by atoms with E-state index in [2.05, 4.69) is 17.0 Å². The molecule has 120 valence electrons. The van der Waals surface area contributed by atoms with Crippen LogP contribution in [-0.2, 0) is 16.1 Å². The summed E-state index contributed by atoms with van der Waals surface area (Å²) in [4.78, 5) is 24.5. The second-order valence-corrected chi connectivity index (χ2v) is 6.05. The van der Waals surface area contributed by atoms with Crippen LogP contribution in [0.2, 0.25) is 0 Å². The van der Waals surface area contributed by atoms with Gasteiger partial charge in [-0.1, -0.05) is 30.3 Å². The van der Waals surface area contributed by atoms with Crippen molar-refractivity contribution in [2.24, 2.45) is 11.7 Å². The van der Waals surface area contributed by atoms with E-state index in [1.165, 1.54) is 5.56 Å². The van der Waals surface area contributed by atoms with E-state index in [1.807, 2.05) is 18.2 Å². The number of piperidine rings is 1. The average Bonchev–Trinajstić information content (AvgIpc) is 2.49. The Balaban J connectivity index is 1.91. The first kappa shape index (κ1) is 16.5. The second kappa shape index (κ2) is 7.94. The Bertz CT molecular complexity index is 504. The lowest BCUT2D eigenvalue weighted by Gasteiger charge is -2.38. The number of carboxylic acids is 1. The molecule has 22 heavy (non-hydrogen) atoms. The van der Waals surface area contributed by atoms with Crippen LogP contribution in [0.1, 0.15) is 37.7 Å². The number of hydrogen-bond donors (Lipinski definition) is 2. The van der Waals surface area contributed by atoms with Crippen molar-refractivity contribution in [2.75, 3.05) is 6.54 Å². The topological polar surface area (TPSA) is 83.6 Å². The molecule has 1 aromatic carbocycles. The van der Waals surface area contributed by atoms with Crippen molar-refractivity contribution in [3.05, 3.63) is 35.9 Å². The number of carboxylic acid groups (broad SMARTS) is 1. The fourth-order valence-electron chi connectivity index (χ4n) is 3.19. The number of carbonyl (C=O) groups is 2. The maximum absolute atomic E-state index is 11.8. The van der Waals surface area contributed by atoms with Gasteiger partial charge < -0.3 is 10.8 Å². The molecule has 2 unspecified atom stereocenters. The molecule has 1 saturated heterocycles. The van der Waals surface area contributed by atoms with Gasteiger partial charge in [-0.15, -0.1) is 0 Å². The first-order chi connectivity index (χ1) is 10.6. The van der Waals surface area contributed by atoms with Crippen molar-refractivity contribution in [3.8, 4) is 0 Å². The zero-order chi connectivity index (χ0) is 15.9. The number of nitrogens with two attached hydrogens (primary N) is 1. The van der Waals surface area contributed by atoms with Crippen molar-refractivity contribution >= 4 is 11.9 Å². The normalized spacial score (nSPS) is 22.4. The van der Waals surface area contributed by atoms with E-state index in [4.69, 9.17) is 10.8 Å². The summed E-state index contributed by atoms with van der Waals surface area (Å²) in [6.07, 6.45) is 3.46. The molecule has 1 aliphatic rings. The molecule has 1 amide bonds. The Hall–Kier alpha value is -1.88. The Morgan fingerprint density at radius 3 is 2.64 bits per heavy atom. The zero-order valence-electron chi connectivity index (χ0n) is 12.8. The van der Waals surface area contributed by atoms with Gasteiger partial charge in [-0.3, -0.25) is 14.5 Å².